The van der Waals surface area contributed by atoms with Gasteiger partial charge in [-0.3, -0.25) is 4.79 Å². The summed E-state index contributed by atoms with van der Waals surface area (Å²) in [6.07, 6.45) is -0.381. The standard InChI is InChI=1S/C4H6F2O3S/c1-2-3(4(5)7)10(6,8)9/h3H,2H2,1H3. The highest BCUT2D eigenvalue weighted by molar-refractivity contribution is 7.87. The number of hydrogen-bond acceptors (Lipinski definition) is 3. The number of rotatable bonds is 3. The summed E-state index contributed by atoms with van der Waals surface area (Å²) in [5, 5.41) is -2.13. The second-order valence-corrected chi connectivity index (χ2v) is 3.20. The van der Waals surface area contributed by atoms with Crippen LogP contribution in [0, 0.1) is 0 Å². The number of carbonyl (C=O) groups is 1. The van der Waals surface area contributed by atoms with Gasteiger partial charge < -0.3 is 0 Å². The Morgan fingerprint density at radius 2 is 2.00 bits per heavy atom. The van der Waals surface area contributed by atoms with E-state index in [1.165, 1.54) is 6.92 Å². The number of hydrogen-bond donors (Lipinski definition) is 0. The molecule has 1 atom stereocenters. The molecular weight excluding hydrogens is 166 g/mol. The predicted molar refractivity (Wildman–Crippen MR) is 30.2 cm³/mol. The molecule has 1 unspecified atom stereocenters. The summed E-state index contributed by atoms with van der Waals surface area (Å²) in [5.41, 5.74) is 0. The van der Waals surface area contributed by atoms with E-state index >= 15 is 0 Å². The van der Waals surface area contributed by atoms with Crippen LogP contribution in [0.5, 0.6) is 0 Å². The first-order chi connectivity index (χ1) is 4.39. The van der Waals surface area contributed by atoms with E-state index in [1.54, 1.807) is 0 Å². The summed E-state index contributed by atoms with van der Waals surface area (Å²) in [6.45, 7) is 1.21. The normalized spacial score (nSPS) is 14.7. The van der Waals surface area contributed by atoms with Crippen molar-refractivity contribution in [2.45, 2.75) is 18.6 Å². The van der Waals surface area contributed by atoms with Gasteiger partial charge in [-0.1, -0.05) is 6.92 Å². The van der Waals surface area contributed by atoms with Crippen LogP contribution in [0.3, 0.4) is 0 Å². The third-order valence-corrected chi connectivity index (χ3v) is 2.16. The molecule has 0 spiro atoms. The molecule has 0 rings (SSSR count). The second kappa shape index (κ2) is 3.05. The van der Waals surface area contributed by atoms with E-state index in [2.05, 4.69) is 0 Å². The van der Waals surface area contributed by atoms with E-state index in [1.807, 2.05) is 0 Å². The van der Waals surface area contributed by atoms with Gasteiger partial charge in [-0.05, 0) is 6.42 Å². The van der Waals surface area contributed by atoms with E-state index in [4.69, 9.17) is 0 Å². The Kier molecular flexibility index (Phi) is 2.89. The fourth-order valence-corrected chi connectivity index (χ4v) is 1.09. The monoisotopic (exact) mass is 172 g/mol. The van der Waals surface area contributed by atoms with Crippen LogP contribution in [0.25, 0.3) is 0 Å². The molecule has 3 nitrogen and oxygen atoms in total. The molecule has 0 radical (unpaired) electrons. The lowest BCUT2D eigenvalue weighted by Crippen LogP contribution is -2.23. The summed E-state index contributed by atoms with van der Waals surface area (Å²) in [7, 11) is -5.04. The molecular formula is C4H6F2O3S. The molecule has 0 aromatic heterocycles. The molecule has 0 saturated carbocycles. The minimum atomic E-state index is -5.04. The molecule has 0 bridgehead atoms. The lowest BCUT2D eigenvalue weighted by Gasteiger charge is -1.99. The van der Waals surface area contributed by atoms with Crippen LogP contribution in [0.1, 0.15) is 13.3 Å². The fraction of sp³-hybridized carbons (Fsp3) is 0.750. The van der Waals surface area contributed by atoms with Crippen LogP contribution in [0.15, 0.2) is 0 Å². The second-order valence-electron chi connectivity index (χ2n) is 1.68. The Hall–Kier alpha value is -0.520. The first-order valence-corrected chi connectivity index (χ1v) is 3.97. The summed E-state index contributed by atoms with van der Waals surface area (Å²) >= 11 is 0. The van der Waals surface area contributed by atoms with E-state index < -0.39 is 21.5 Å². The lowest BCUT2D eigenvalue weighted by atomic mass is 10.3. The van der Waals surface area contributed by atoms with E-state index in [9.17, 15) is 21.5 Å². The maximum atomic E-state index is 11.8. The van der Waals surface area contributed by atoms with E-state index in [0.29, 0.717) is 0 Å². The predicted octanol–water partition coefficient (Wildman–Crippen LogP) is 0.560. The fourth-order valence-electron chi connectivity index (χ4n) is 0.470. The van der Waals surface area contributed by atoms with Gasteiger partial charge in [-0.25, -0.2) is 0 Å². The average Bonchev–Trinajstić information content (AvgIpc) is 1.60. The van der Waals surface area contributed by atoms with Crippen LogP contribution < -0.4 is 0 Å². The van der Waals surface area contributed by atoms with Crippen LogP contribution in [0.2, 0.25) is 0 Å². The first kappa shape index (κ1) is 9.48. The van der Waals surface area contributed by atoms with Crippen LogP contribution in [-0.4, -0.2) is 19.7 Å². The Balaban J connectivity index is 4.55. The van der Waals surface area contributed by atoms with Crippen molar-refractivity contribution in [3.63, 3.8) is 0 Å². The molecule has 0 aromatic rings. The average molecular weight is 172 g/mol. The molecule has 0 aliphatic rings. The van der Waals surface area contributed by atoms with Crippen LogP contribution >= 0.6 is 0 Å². The van der Waals surface area contributed by atoms with Gasteiger partial charge in [0.25, 0.3) is 0 Å². The molecule has 0 saturated heterocycles. The van der Waals surface area contributed by atoms with Gasteiger partial charge in [0, 0.05) is 0 Å². The van der Waals surface area contributed by atoms with Crippen molar-refractivity contribution in [1.29, 1.82) is 0 Å². The molecule has 60 valence electrons. The molecule has 0 aliphatic heterocycles. The van der Waals surface area contributed by atoms with Crippen molar-refractivity contribution in [3.8, 4) is 0 Å². The van der Waals surface area contributed by atoms with Crippen molar-refractivity contribution in [3.05, 3.63) is 0 Å². The molecule has 10 heavy (non-hydrogen) atoms. The highest BCUT2D eigenvalue weighted by Gasteiger charge is 2.30. The van der Waals surface area contributed by atoms with Gasteiger partial charge in [0.05, 0.1) is 0 Å². The minimum Gasteiger partial charge on any atom is -0.260 e. The zero-order chi connectivity index (χ0) is 8.36. The van der Waals surface area contributed by atoms with Crippen molar-refractivity contribution < 1.29 is 21.5 Å². The first-order valence-electron chi connectivity index (χ1n) is 2.52. The third-order valence-electron chi connectivity index (χ3n) is 0.964. The van der Waals surface area contributed by atoms with Gasteiger partial charge in [0.15, 0.2) is 5.25 Å². The van der Waals surface area contributed by atoms with Crippen molar-refractivity contribution >= 4 is 16.3 Å². The Bertz CT molecular complexity index is 221. The lowest BCUT2D eigenvalue weighted by molar-refractivity contribution is -0.128. The van der Waals surface area contributed by atoms with Crippen LogP contribution in [-0.2, 0) is 15.0 Å². The van der Waals surface area contributed by atoms with Crippen LogP contribution in [0.4, 0.5) is 8.28 Å². The maximum Gasteiger partial charge on any atom is 0.322 e. The Morgan fingerprint density at radius 3 is 2.00 bits per heavy atom. The van der Waals surface area contributed by atoms with E-state index in [0.717, 1.165) is 0 Å². The Labute approximate surface area is 57.2 Å². The topological polar surface area (TPSA) is 51.2 Å². The van der Waals surface area contributed by atoms with Gasteiger partial charge in [-0.2, -0.15) is 12.8 Å². The maximum absolute atomic E-state index is 11.8. The summed E-state index contributed by atoms with van der Waals surface area (Å²) in [4.78, 5) is 9.74. The molecule has 0 heterocycles. The highest BCUT2D eigenvalue weighted by atomic mass is 32.3. The summed E-state index contributed by atoms with van der Waals surface area (Å²) < 4.78 is 43.2. The molecule has 0 amide bonds. The third kappa shape index (κ3) is 2.38. The minimum absolute atomic E-state index is 0.381. The molecule has 0 aliphatic carbocycles. The zero-order valence-corrected chi connectivity index (χ0v) is 5.99. The van der Waals surface area contributed by atoms with Crippen molar-refractivity contribution in [2.75, 3.05) is 0 Å². The smallest absolute Gasteiger partial charge is 0.260 e. The summed E-state index contributed by atoms with van der Waals surface area (Å²) in [6, 6.07) is -2.15. The van der Waals surface area contributed by atoms with Crippen molar-refractivity contribution in [2.24, 2.45) is 0 Å². The quantitative estimate of drug-likeness (QED) is 0.584. The number of carbonyl (C=O) groups excluding carboxylic acids is 1. The highest BCUT2D eigenvalue weighted by Crippen LogP contribution is 2.09. The summed E-state index contributed by atoms with van der Waals surface area (Å²) in [5.74, 6) is 0. The van der Waals surface area contributed by atoms with Gasteiger partial charge in [0.1, 0.15) is 0 Å². The SMILES string of the molecule is CCC(C(=O)F)S(=O)(=O)F. The van der Waals surface area contributed by atoms with Gasteiger partial charge in [-0.15, -0.1) is 3.89 Å². The largest absolute Gasteiger partial charge is 0.322 e. The van der Waals surface area contributed by atoms with Gasteiger partial charge in [0.2, 0.25) is 0 Å². The van der Waals surface area contributed by atoms with E-state index in [-0.39, 0.29) is 6.42 Å². The Morgan fingerprint density at radius 1 is 1.60 bits per heavy atom. The molecule has 6 heteroatoms. The zero-order valence-electron chi connectivity index (χ0n) is 5.17. The molecule has 0 N–H and O–H groups in total. The van der Waals surface area contributed by atoms with Gasteiger partial charge >= 0.3 is 16.3 Å². The molecule has 0 aromatic carbocycles. The number of halogens is 2. The molecule has 0 fully saturated rings. The van der Waals surface area contributed by atoms with Crippen molar-refractivity contribution in [1.82, 2.24) is 0 Å².